The molecule has 19 heavy (non-hydrogen) atoms. The van der Waals surface area contributed by atoms with Gasteiger partial charge in [0.05, 0.1) is 0 Å². The van der Waals surface area contributed by atoms with Gasteiger partial charge in [0.25, 0.3) is 0 Å². The highest BCUT2D eigenvalue weighted by Crippen LogP contribution is 2.38. The van der Waals surface area contributed by atoms with E-state index in [4.69, 9.17) is 5.73 Å². The van der Waals surface area contributed by atoms with E-state index in [1.54, 1.807) is 0 Å². The third kappa shape index (κ3) is 3.68. The fourth-order valence-electron chi connectivity index (χ4n) is 4.08. The van der Waals surface area contributed by atoms with E-state index in [0.717, 1.165) is 23.0 Å². The van der Waals surface area contributed by atoms with Crippen LogP contribution in [0.2, 0.25) is 0 Å². The van der Waals surface area contributed by atoms with Crippen LogP contribution in [0.5, 0.6) is 0 Å². The SMILES string of the molecule is CCC1CCCC(CN)(N2CC(C)SC(C)C2)CC1. The molecule has 2 rings (SSSR count). The highest BCUT2D eigenvalue weighted by atomic mass is 32.2. The Kier molecular flexibility index (Phi) is 5.62. The minimum absolute atomic E-state index is 0.313. The Morgan fingerprint density at radius 1 is 1.16 bits per heavy atom. The van der Waals surface area contributed by atoms with Gasteiger partial charge in [0, 0.05) is 35.7 Å². The van der Waals surface area contributed by atoms with Crippen LogP contribution in [0.4, 0.5) is 0 Å². The third-order valence-electron chi connectivity index (χ3n) is 5.32. The van der Waals surface area contributed by atoms with Crippen LogP contribution >= 0.6 is 11.8 Å². The molecular weight excluding hydrogens is 252 g/mol. The first-order valence-electron chi connectivity index (χ1n) is 8.20. The van der Waals surface area contributed by atoms with E-state index < -0.39 is 0 Å². The number of nitrogens with two attached hydrogens (primary N) is 1. The van der Waals surface area contributed by atoms with Crippen molar-refractivity contribution in [2.75, 3.05) is 19.6 Å². The molecule has 2 nitrogen and oxygen atoms in total. The molecule has 1 aliphatic carbocycles. The highest BCUT2D eigenvalue weighted by molar-refractivity contribution is 8.00. The molecule has 0 amide bonds. The molecule has 112 valence electrons. The Balaban J connectivity index is 2.08. The van der Waals surface area contributed by atoms with E-state index in [0.29, 0.717) is 5.54 Å². The van der Waals surface area contributed by atoms with Crippen molar-refractivity contribution in [3.8, 4) is 0 Å². The summed E-state index contributed by atoms with van der Waals surface area (Å²) in [6.07, 6.45) is 8.19. The fourth-order valence-corrected chi connectivity index (χ4v) is 5.41. The van der Waals surface area contributed by atoms with Crippen molar-refractivity contribution in [3.05, 3.63) is 0 Å². The summed E-state index contributed by atoms with van der Waals surface area (Å²) in [7, 11) is 0. The maximum Gasteiger partial charge on any atom is 0.0332 e. The lowest BCUT2D eigenvalue weighted by atomic mass is 9.86. The smallest absolute Gasteiger partial charge is 0.0332 e. The second-order valence-electron chi connectivity index (χ2n) is 6.80. The third-order valence-corrected chi connectivity index (χ3v) is 6.55. The molecule has 1 heterocycles. The van der Waals surface area contributed by atoms with E-state index in [-0.39, 0.29) is 0 Å². The predicted octanol–water partition coefficient (Wildman–Crippen LogP) is 3.50. The Labute approximate surface area is 123 Å². The first-order valence-corrected chi connectivity index (χ1v) is 9.14. The number of thioether (sulfide) groups is 1. The van der Waals surface area contributed by atoms with Crippen LogP contribution in [0.1, 0.15) is 59.3 Å². The molecule has 0 aromatic heterocycles. The quantitative estimate of drug-likeness (QED) is 0.804. The summed E-state index contributed by atoms with van der Waals surface area (Å²) in [5, 5.41) is 1.52. The molecule has 1 aliphatic heterocycles. The van der Waals surface area contributed by atoms with Gasteiger partial charge in [0.1, 0.15) is 0 Å². The molecule has 0 radical (unpaired) electrons. The minimum atomic E-state index is 0.313. The lowest BCUT2D eigenvalue weighted by molar-refractivity contribution is 0.0751. The molecule has 1 saturated carbocycles. The second kappa shape index (κ2) is 6.82. The van der Waals surface area contributed by atoms with Gasteiger partial charge in [0.15, 0.2) is 0 Å². The number of hydrogen-bond acceptors (Lipinski definition) is 3. The zero-order valence-corrected chi connectivity index (χ0v) is 13.8. The summed E-state index contributed by atoms with van der Waals surface area (Å²) in [6, 6.07) is 0. The predicted molar refractivity (Wildman–Crippen MR) is 86.7 cm³/mol. The first-order chi connectivity index (χ1) is 9.09. The van der Waals surface area contributed by atoms with Gasteiger partial charge in [-0.1, -0.05) is 40.0 Å². The van der Waals surface area contributed by atoms with Crippen LogP contribution in [-0.2, 0) is 0 Å². The van der Waals surface area contributed by atoms with Crippen molar-refractivity contribution in [3.63, 3.8) is 0 Å². The van der Waals surface area contributed by atoms with Crippen molar-refractivity contribution in [2.24, 2.45) is 11.7 Å². The van der Waals surface area contributed by atoms with Gasteiger partial charge in [0.2, 0.25) is 0 Å². The Bertz CT molecular complexity index is 274. The minimum Gasteiger partial charge on any atom is -0.329 e. The Hall–Kier alpha value is 0.270. The van der Waals surface area contributed by atoms with Gasteiger partial charge in [-0.15, -0.1) is 0 Å². The Morgan fingerprint density at radius 2 is 1.84 bits per heavy atom. The summed E-state index contributed by atoms with van der Waals surface area (Å²) >= 11 is 2.15. The van der Waals surface area contributed by atoms with Crippen molar-refractivity contribution in [1.29, 1.82) is 0 Å². The zero-order chi connectivity index (χ0) is 13.9. The van der Waals surface area contributed by atoms with E-state index in [9.17, 15) is 0 Å². The van der Waals surface area contributed by atoms with Gasteiger partial charge in [-0.3, -0.25) is 4.90 Å². The van der Waals surface area contributed by atoms with Crippen LogP contribution in [0.3, 0.4) is 0 Å². The van der Waals surface area contributed by atoms with Crippen molar-refractivity contribution >= 4 is 11.8 Å². The molecule has 0 spiro atoms. The van der Waals surface area contributed by atoms with E-state index >= 15 is 0 Å². The number of nitrogens with zero attached hydrogens (tertiary/aromatic N) is 1. The molecule has 1 saturated heterocycles. The van der Waals surface area contributed by atoms with Gasteiger partial charge < -0.3 is 5.73 Å². The molecule has 2 N–H and O–H groups in total. The summed E-state index contributed by atoms with van der Waals surface area (Å²) in [6.45, 7) is 10.4. The monoisotopic (exact) mass is 284 g/mol. The van der Waals surface area contributed by atoms with Gasteiger partial charge in [-0.25, -0.2) is 0 Å². The molecular formula is C16H32N2S. The fraction of sp³-hybridized carbons (Fsp3) is 1.00. The first kappa shape index (κ1) is 15.7. The lowest BCUT2D eigenvalue weighted by Gasteiger charge is -2.48. The van der Waals surface area contributed by atoms with Crippen LogP contribution in [-0.4, -0.2) is 40.6 Å². The largest absolute Gasteiger partial charge is 0.329 e. The van der Waals surface area contributed by atoms with Crippen molar-refractivity contribution < 1.29 is 0 Å². The van der Waals surface area contributed by atoms with Crippen LogP contribution < -0.4 is 5.73 Å². The van der Waals surface area contributed by atoms with Crippen LogP contribution in [0.15, 0.2) is 0 Å². The lowest BCUT2D eigenvalue weighted by Crippen LogP contribution is -2.58. The number of hydrogen-bond donors (Lipinski definition) is 1. The maximum absolute atomic E-state index is 6.27. The van der Waals surface area contributed by atoms with Gasteiger partial charge >= 0.3 is 0 Å². The summed E-state index contributed by atoms with van der Waals surface area (Å²) in [5.74, 6) is 0.947. The topological polar surface area (TPSA) is 29.3 Å². The van der Waals surface area contributed by atoms with Gasteiger partial charge in [-0.05, 0) is 25.2 Å². The zero-order valence-electron chi connectivity index (χ0n) is 13.0. The summed E-state index contributed by atoms with van der Waals surface area (Å²) in [5.41, 5.74) is 6.58. The van der Waals surface area contributed by atoms with Crippen LogP contribution in [0, 0.1) is 5.92 Å². The normalized spacial score (nSPS) is 42.0. The van der Waals surface area contributed by atoms with E-state index in [2.05, 4.69) is 37.4 Å². The average Bonchev–Trinajstić information content (AvgIpc) is 2.60. The van der Waals surface area contributed by atoms with E-state index in [1.807, 2.05) is 0 Å². The maximum atomic E-state index is 6.27. The number of rotatable bonds is 3. The van der Waals surface area contributed by atoms with Crippen LogP contribution in [0.25, 0.3) is 0 Å². The van der Waals surface area contributed by atoms with Gasteiger partial charge in [-0.2, -0.15) is 11.8 Å². The molecule has 0 bridgehead atoms. The second-order valence-corrected chi connectivity index (χ2v) is 8.68. The summed E-state index contributed by atoms with van der Waals surface area (Å²) < 4.78 is 0. The molecule has 0 aromatic rings. The Morgan fingerprint density at radius 3 is 2.42 bits per heavy atom. The molecule has 4 atom stereocenters. The molecule has 2 aliphatic rings. The highest BCUT2D eigenvalue weighted by Gasteiger charge is 2.40. The van der Waals surface area contributed by atoms with E-state index in [1.165, 1.54) is 51.6 Å². The molecule has 0 aromatic carbocycles. The van der Waals surface area contributed by atoms with Crippen molar-refractivity contribution in [2.45, 2.75) is 75.3 Å². The molecule has 2 fully saturated rings. The summed E-state index contributed by atoms with van der Waals surface area (Å²) in [4.78, 5) is 2.76. The standard InChI is InChI=1S/C16H32N2S/c1-4-15-6-5-8-16(12-17,9-7-15)18-10-13(2)19-14(3)11-18/h13-15H,4-12,17H2,1-3H3. The molecule has 4 unspecified atom stereocenters. The van der Waals surface area contributed by atoms with Crippen molar-refractivity contribution in [1.82, 2.24) is 4.90 Å². The molecule has 3 heteroatoms. The average molecular weight is 285 g/mol.